The number of ether oxygens (including phenoxy) is 1. The van der Waals surface area contributed by atoms with Crippen molar-refractivity contribution in [3.63, 3.8) is 0 Å². The van der Waals surface area contributed by atoms with Crippen molar-refractivity contribution in [1.82, 2.24) is 5.43 Å². The highest BCUT2D eigenvalue weighted by Crippen LogP contribution is 2.24. The predicted molar refractivity (Wildman–Crippen MR) is 107 cm³/mol. The molecule has 0 saturated heterocycles. The van der Waals surface area contributed by atoms with Gasteiger partial charge in [0.25, 0.3) is 11.6 Å². The minimum absolute atomic E-state index is 0.00356. The number of benzene rings is 2. The lowest BCUT2D eigenvalue weighted by atomic mass is 10.1. The van der Waals surface area contributed by atoms with Gasteiger partial charge in [-0.1, -0.05) is 28.1 Å². The molecule has 0 saturated carbocycles. The van der Waals surface area contributed by atoms with Crippen LogP contribution in [0.2, 0.25) is 0 Å². The summed E-state index contributed by atoms with van der Waals surface area (Å²) in [6.45, 7) is 0. The molecule has 0 aliphatic carbocycles. The van der Waals surface area contributed by atoms with Crippen molar-refractivity contribution in [2.75, 3.05) is 7.11 Å². The Labute approximate surface area is 168 Å². The number of nitro benzene ring substituents is 1. The van der Waals surface area contributed by atoms with E-state index in [2.05, 4.69) is 26.5 Å². The molecule has 28 heavy (non-hydrogen) atoms. The molecule has 0 aliphatic rings. The third kappa shape index (κ3) is 4.44. The van der Waals surface area contributed by atoms with E-state index in [1.165, 1.54) is 25.5 Å². The van der Waals surface area contributed by atoms with Crippen molar-refractivity contribution in [3.8, 4) is 17.1 Å². The fraction of sp³-hybridized carbons (Fsp3) is 0.0526. The Hall–Kier alpha value is -3.46. The van der Waals surface area contributed by atoms with Crippen LogP contribution in [0, 0.1) is 10.1 Å². The van der Waals surface area contributed by atoms with Crippen LogP contribution in [-0.2, 0) is 0 Å². The van der Waals surface area contributed by atoms with Crippen molar-refractivity contribution in [3.05, 3.63) is 80.5 Å². The van der Waals surface area contributed by atoms with Crippen molar-refractivity contribution in [1.29, 1.82) is 0 Å². The first kappa shape index (κ1) is 19.3. The van der Waals surface area contributed by atoms with E-state index >= 15 is 0 Å². The number of methoxy groups -OCH3 is 1. The lowest BCUT2D eigenvalue weighted by Gasteiger charge is -2.06. The Morgan fingerprint density at radius 1 is 1.21 bits per heavy atom. The summed E-state index contributed by atoms with van der Waals surface area (Å²) in [6.07, 6.45) is 1.34. The molecule has 9 heteroatoms. The van der Waals surface area contributed by atoms with Gasteiger partial charge in [0.1, 0.15) is 17.3 Å². The summed E-state index contributed by atoms with van der Waals surface area (Å²) in [5.41, 5.74) is 2.98. The van der Waals surface area contributed by atoms with Crippen LogP contribution in [0.5, 0.6) is 5.75 Å². The molecule has 0 radical (unpaired) electrons. The van der Waals surface area contributed by atoms with E-state index in [1.54, 1.807) is 12.1 Å². The fourth-order valence-corrected chi connectivity index (χ4v) is 2.66. The number of hydrazone groups is 1. The van der Waals surface area contributed by atoms with Crippen LogP contribution in [0.1, 0.15) is 16.1 Å². The number of hydrogen-bond acceptors (Lipinski definition) is 6. The van der Waals surface area contributed by atoms with Gasteiger partial charge in [-0.25, -0.2) is 5.43 Å². The number of nitro groups is 1. The molecule has 3 rings (SSSR count). The molecule has 0 unspecified atom stereocenters. The Balaban J connectivity index is 1.71. The van der Waals surface area contributed by atoms with Gasteiger partial charge >= 0.3 is 0 Å². The zero-order valence-electron chi connectivity index (χ0n) is 14.6. The summed E-state index contributed by atoms with van der Waals surface area (Å²) >= 11 is 3.37. The summed E-state index contributed by atoms with van der Waals surface area (Å²) in [7, 11) is 1.37. The molecule has 1 heterocycles. The second-order valence-electron chi connectivity index (χ2n) is 5.55. The first-order valence-corrected chi connectivity index (χ1v) is 8.79. The molecule has 1 N–H and O–H groups in total. The average molecular weight is 444 g/mol. The van der Waals surface area contributed by atoms with Gasteiger partial charge in [-0.2, -0.15) is 5.10 Å². The Bertz CT molecular complexity index is 1040. The van der Waals surface area contributed by atoms with Gasteiger partial charge in [0.15, 0.2) is 0 Å². The smallest absolute Gasteiger partial charge is 0.275 e. The topological polar surface area (TPSA) is 107 Å². The summed E-state index contributed by atoms with van der Waals surface area (Å²) < 4.78 is 11.7. The predicted octanol–water partition coefficient (Wildman–Crippen LogP) is 4.39. The highest BCUT2D eigenvalue weighted by Gasteiger charge is 2.17. The summed E-state index contributed by atoms with van der Waals surface area (Å²) in [5, 5.41) is 14.7. The second kappa shape index (κ2) is 8.49. The standard InChI is InChI=1S/C19H14BrN3O5/c1-27-18-8-6-14(23(25)26)10-16(18)19(24)22-21-11-15-7-9-17(28-15)12-2-4-13(20)5-3-12/h2-11H,1H3,(H,22,24)/b21-11-. The Morgan fingerprint density at radius 2 is 1.96 bits per heavy atom. The van der Waals surface area contributed by atoms with Crippen molar-refractivity contribution < 1.29 is 18.9 Å². The maximum absolute atomic E-state index is 12.3. The van der Waals surface area contributed by atoms with Crippen LogP contribution in [0.3, 0.4) is 0 Å². The van der Waals surface area contributed by atoms with E-state index in [-0.39, 0.29) is 17.0 Å². The lowest BCUT2D eigenvalue weighted by Crippen LogP contribution is -2.18. The maximum atomic E-state index is 12.3. The largest absolute Gasteiger partial charge is 0.496 e. The number of furan rings is 1. The van der Waals surface area contributed by atoms with Gasteiger partial charge in [-0.15, -0.1) is 0 Å². The molecule has 0 spiro atoms. The van der Waals surface area contributed by atoms with Gasteiger partial charge < -0.3 is 9.15 Å². The van der Waals surface area contributed by atoms with Gasteiger partial charge in [-0.05, 0) is 30.3 Å². The first-order chi connectivity index (χ1) is 13.5. The fourth-order valence-electron chi connectivity index (χ4n) is 2.39. The number of hydrogen-bond donors (Lipinski definition) is 1. The van der Waals surface area contributed by atoms with E-state index in [0.717, 1.165) is 16.1 Å². The summed E-state index contributed by atoms with van der Waals surface area (Å²) in [6, 6.07) is 14.8. The highest BCUT2D eigenvalue weighted by atomic mass is 79.9. The second-order valence-corrected chi connectivity index (χ2v) is 6.47. The zero-order valence-corrected chi connectivity index (χ0v) is 16.2. The van der Waals surface area contributed by atoms with Crippen LogP contribution in [0.4, 0.5) is 5.69 Å². The number of halogens is 1. The first-order valence-electron chi connectivity index (χ1n) is 7.99. The number of carbonyl (C=O) groups is 1. The molecule has 3 aromatic rings. The maximum Gasteiger partial charge on any atom is 0.275 e. The molecule has 0 bridgehead atoms. The molecule has 0 fully saturated rings. The quantitative estimate of drug-likeness (QED) is 0.345. The normalized spacial score (nSPS) is 10.8. The average Bonchev–Trinajstić information content (AvgIpc) is 3.16. The molecular formula is C19H14BrN3O5. The highest BCUT2D eigenvalue weighted by molar-refractivity contribution is 9.10. The number of nitrogens with zero attached hydrogens (tertiary/aromatic N) is 2. The molecule has 0 atom stereocenters. The minimum Gasteiger partial charge on any atom is -0.496 e. The molecule has 1 aromatic heterocycles. The van der Waals surface area contributed by atoms with E-state index in [1.807, 2.05) is 24.3 Å². The van der Waals surface area contributed by atoms with Crippen LogP contribution >= 0.6 is 15.9 Å². The van der Waals surface area contributed by atoms with Crippen molar-refractivity contribution in [2.24, 2.45) is 5.10 Å². The van der Waals surface area contributed by atoms with Crippen LogP contribution < -0.4 is 10.2 Å². The van der Waals surface area contributed by atoms with Crippen LogP contribution in [0.15, 0.2) is 68.6 Å². The molecule has 8 nitrogen and oxygen atoms in total. The van der Waals surface area contributed by atoms with Gasteiger partial charge in [0.05, 0.1) is 23.8 Å². The van der Waals surface area contributed by atoms with E-state index < -0.39 is 10.8 Å². The van der Waals surface area contributed by atoms with E-state index in [0.29, 0.717) is 11.5 Å². The van der Waals surface area contributed by atoms with Gasteiger partial charge in [0.2, 0.25) is 0 Å². The van der Waals surface area contributed by atoms with Crippen molar-refractivity contribution in [2.45, 2.75) is 0 Å². The van der Waals surface area contributed by atoms with Crippen LogP contribution in [0.25, 0.3) is 11.3 Å². The number of non-ortho nitro benzene ring substituents is 1. The summed E-state index contributed by atoms with van der Waals surface area (Å²) in [4.78, 5) is 22.6. The summed E-state index contributed by atoms with van der Waals surface area (Å²) in [5.74, 6) is 0.648. The number of rotatable bonds is 6. The third-order valence-corrected chi connectivity index (χ3v) is 4.28. The molecular weight excluding hydrogens is 430 g/mol. The molecule has 0 aliphatic heterocycles. The number of amides is 1. The zero-order chi connectivity index (χ0) is 20.1. The Morgan fingerprint density at radius 3 is 2.64 bits per heavy atom. The number of nitrogens with one attached hydrogen (secondary N) is 1. The van der Waals surface area contributed by atoms with E-state index in [4.69, 9.17) is 9.15 Å². The molecule has 2 aromatic carbocycles. The molecule has 142 valence electrons. The SMILES string of the molecule is COc1ccc([N+](=O)[O-])cc1C(=O)N/N=C\c1ccc(-c2ccc(Br)cc2)o1. The molecule has 1 amide bonds. The van der Waals surface area contributed by atoms with E-state index in [9.17, 15) is 14.9 Å². The van der Waals surface area contributed by atoms with Gasteiger partial charge in [-0.3, -0.25) is 14.9 Å². The third-order valence-electron chi connectivity index (χ3n) is 3.75. The lowest BCUT2D eigenvalue weighted by molar-refractivity contribution is -0.384. The Kier molecular flexibility index (Phi) is 5.85. The van der Waals surface area contributed by atoms with Gasteiger partial charge in [0, 0.05) is 22.2 Å². The van der Waals surface area contributed by atoms with Crippen LogP contribution in [-0.4, -0.2) is 24.2 Å². The van der Waals surface area contributed by atoms with Crippen molar-refractivity contribution >= 4 is 33.7 Å². The number of carbonyl (C=O) groups excluding carboxylic acids is 1. The minimum atomic E-state index is -0.642. The monoisotopic (exact) mass is 443 g/mol.